The lowest BCUT2D eigenvalue weighted by Crippen LogP contribution is -2.10. The topological polar surface area (TPSA) is 47.3 Å². The fourth-order valence-corrected chi connectivity index (χ4v) is 3.82. The lowest BCUT2D eigenvalue weighted by molar-refractivity contribution is 1.17. The van der Waals surface area contributed by atoms with Crippen molar-refractivity contribution >= 4 is 48.5 Å². The number of nitrogens with zero attached hydrogens (tertiary/aromatic N) is 3. The maximum atomic E-state index is 12.3. The maximum Gasteiger partial charge on any atom is 0.281 e. The first-order chi connectivity index (χ1) is 9.83. The van der Waals surface area contributed by atoms with Crippen molar-refractivity contribution in [3.8, 4) is 0 Å². The van der Waals surface area contributed by atoms with Crippen molar-refractivity contribution in [2.45, 2.75) is 0 Å². The highest BCUT2D eigenvalue weighted by Crippen LogP contribution is 2.32. The molecule has 0 saturated heterocycles. The van der Waals surface area contributed by atoms with Gasteiger partial charge in [-0.1, -0.05) is 29.5 Å². The summed E-state index contributed by atoms with van der Waals surface area (Å²) in [6.45, 7) is 0. The highest BCUT2D eigenvalue weighted by molar-refractivity contribution is 7.23. The molecule has 0 amide bonds. The first-order valence-electron chi connectivity index (χ1n) is 6.25. The first kappa shape index (κ1) is 10.3. The molecule has 3 heterocycles. The van der Waals surface area contributed by atoms with Crippen molar-refractivity contribution < 1.29 is 0 Å². The Bertz CT molecular complexity index is 1170. The van der Waals surface area contributed by atoms with E-state index in [1.54, 1.807) is 11.3 Å². The molecule has 5 heteroatoms. The Morgan fingerprint density at radius 3 is 2.75 bits per heavy atom. The highest BCUT2D eigenvalue weighted by Gasteiger charge is 2.16. The molecule has 0 bridgehead atoms. The third-order valence-corrected chi connectivity index (χ3v) is 4.63. The van der Waals surface area contributed by atoms with E-state index in [0.29, 0.717) is 11.0 Å². The Kier molecular flexibility index (Phi) is 1.71. The summed E-state index contributed by atoms with van der Waals surface area (Å²) in [6, 6.07) is 13.5. The van der Waals surface area contributed by atoms with E-state index in [1.807, 2.05) is 46.9 Å². The van der Waals surface area contributed by atoms with Crippen LogP contribution in [-0.2, 0) is 0 Å². The van der Waals surface area contributed by atoms with Crippen molar-refractivity contribution in [2.75, 3.05) is 0 Å². The maximum absolute atomic E-state index is 12.3. The molecule has 0 fully saturated rings. The van der Waals surface area contributed by atoms with Crippen LogP contribution in [-0.4, -0.2) is 14.4 Å². The highest BCUT2D eigenvalue weighted by atomic mass is 32.1. The minimum Gasteiger partial charge on any atom is -0.267 e. The summed E-state index contributed by atoms with van der Waals surface area (Å²) in [5.41, 5.74) is 2.32. The molecule has 0 saturated carbocycles. The number of aromatic nitrogens is 3. The number of rotatable bonds is 0. The molecule has 0 atom stereocenters. The Morgan fingerprint density at radius 1 is 0.950 bits per heavy atom. The summed E-state index contributed by atoms with van der Waals surface area (Å²) in [5.74, 6) is 0. The number of hydrogen-bond acceptors (Lipinski definition) is 4. The standard InChI is InChI=1S/C15H7N3OS/c19-14-9-5-3-7-11-12(9)18-13(17-14)8-4-1-2-6-10(8)16-15(18)20-11/h1-7H. The number of para-hydroxylation sites is 2. The lowest BCUT2D eigenvalue weighted by atomic mass is 10.2. The van der Waals surface area contributed by atoms with Gasteiger partial charge in [-0.25, -0.2) is 4.98 Å². The molecule has 4 nitrogen and oxygen atoms in total. The van der Waals surface area contributed by atoms with Gasteiger partial charge in [0.25, 0.3) is 5.56 Å². The summed E-state index contributed by atoms with van der Waals surface area (Å²) >= 11 is 1.59. The molecule has 0 unspecified atom stereocenters. The van der Waals surface area contributed by atoms with E-state index in [9.17, 15) is 4.79 Å². The summed E-state index contributed by atoms with van der Waals surface area (Å²) in [7, 11) is 0. The molecule has 20 heavy (non-hydrogen) atoms. The van der Waals surface area contributed by atoms with Crippen molar-refractivity contribution in [1.82, 2.24) is 14.4 Å². The van der Waals surface area contributed by atoms with Crippen molar-refractivity contribution in [3.63, 3.8) is 0 Å². The quantitative estimate of drug-likeness (QED) is 0.409. The van der Waals surface area contributed by atoms with Gasteiger partial charge >= 0.3 is 0 Å². The zero-order chi connectivity index (χ0) is 13.3. The smallest absolute Gasteiger partial charge is 0.267 e. The van der Waals surface area contributed by atoms with Gasteiger partial charge < -0.3 is 0 Å². The largest absolute Gasteiger partial charge is 0.281 e. The molecule has 94 valence electrons. The predicted octanol–water partition coefficient (Wildman–Crippen LogP) is 3.05. The van der Waals surface area contributed by atoms with Gasteiger partial charge in [-0.15, -0.1) is 0 Å². The fraction of sp³-hybridized carbons (Fsp3) is 0. The SMILES string of the molecule is O=c1nc2c3ccccc3nc3sc4cccc1c4n32. The van der Waals surface area contributed by atoms with Crippen LogP contribution in [0.1, 0.15) is 0 Å². The molecule has 3 aromatic heterocycles. The van der Waals surface area contributed by atoms with Crippen LogP contribution < -0.4 is 5.56 Å². The van der Waals surface area contributed by atoms with E-state index < -0.39 is 0 Å². The average Bonchev–Trinajstić information content (AvgIpc) is 2.84. The van der Waals surface area contributed by atoms with Crippen LogP contribution in [0.3, 0.4) is 0 Å². The second kappa shape index (κ2) is 3.32. The van der Waals surface area contributed by atoms with Gasteiger partial charge in [0.15, 0.2) is 10.6 Å². The average molecular weight is 277 g/mol. The van der Waals surface area contributed by atoms with E-state index in [4.69, 9.17) is 0 Å². The minimum absolute atomic E-state index is 0.174. The molecule has 5 rings (SSSR count). The zero-order valence-electron chi connectivity index (χ0n) is 10.2. The Morgan fingerprint density at radius 2 is 1.80 bits per heavy atom. The lowest BCUT2D eigenvalue weighted by Gasteiger charge is -2.05. The van der Waals surface area contributed by atoms with Crippen LogP contribution in [0.5, 0.6) is 0 Å². The third kappa shape index (κ3) is 1.09. The molecule has 0 aliphatic heterocycles. The van der Waals surface area contributed by atoms with Crippen LogP contribution in [0.25, 0.3) is 37.1 Å². The van der Waals surface area contributed by atoms with Crippen molar-refractivity contribution in [3.05, 3.63) is 52.8 Å². The number of thiazole rings is 1. The van der Waals surface area contributed by atoms with Gasteiger partial charge in [0.05, 0.1) is 21.1 Å². The van der Waals surface area contributed by atoms with Gasteiger partial charge in [-0.2, -0.15) is 4.98 Å². The number of hydrogen-bond donors (Lipinski definition) is 0. The first-order valence-corrected chi connectivity index (χ1v) is 7.07. The molecule has 0 N–H and O–H groups in total. The Labute approximate surface area is 116 Å². The monoisotopic (exact) mass is 277 g/mol. The van der Waals surface area contributed by atoms with Crippen LogP contribution in [0, 0.1) is 0 Å². The van der Waals surface area contributed by atoms with Crippen molar-refractivity contribution in [2.24, 2.45) is 0 Å². The second-order valence-corrected chi connectivity index (χ2v) is 5.75. The van der Waals surface area contributed by atoms with Gasteiger partial charge in [-0.3, -0.25) is 9.20 Å². The Balaban J connectivity index is 2.29. The van der Waals surface area contributed by atoms with Gasteiger partial charge in [-0.05, 0) is 24.3 Å². The summed E-state index contributed by atoms with van der Waals surface area (Å²) in [5, 5.41) is 1.57. The van der Waals surface area contributed by atoms with Crippen LogP contribution in [0.4, 0.5) is 0 Å². The van der Waals surface area contributed by atoms with Crippen LogP contribution in [0.15, 0.2) is 47.3 Å². The van der Waals surface area contributed by atoms with Gasteiger partial charge in [0, 0.05) is 5.39 Å². The van der Waals surface area contributed by atoms with Crippen LogP contribution in [0.2, 0.25) is 0 Å². The van der Waals surface area contributed by atoms with E-state index in [1.165, 1.54) is 0 Å². The summed E-state index contributed by atoms with van der Waals surface area (Å²) in [4.78, 5) is 22.1. The van der Waals surface area contributed by atoms with E-state index >= 15 is 0 Å². The van der Waals surface area contributed by atoms with E-state index in [-0.39, 0.29) is 5.56 Å². The van der Waals surface area contributed by atoms with Crippen LogP contribution >= 0.6 is 11.3 Å². The van der Waals surface area contributed by atoms with Gasteiger partial charge in [0.1, 0.15) is 0 Å². The molecular formula is C15H7N3OS. The number of benzene rings is 2. The minimum atomic E-state index is -0.174. The third-order valence-electron chi connectivity index (χ3n) is 3.63. The predicted molar refractivity (Wildman–Crippen MR) is 80.8 cm³/mol. The molecule has 0 aliphatic carbocycles. The molecule has 0 radical (unpaired) electrons. The molecule has 5 aromatic rings. The molecule has 2 aromatic carbocycles. The Hall–Kier alpha value is -2.53. The van der Waals surface area contributed by atoms with Crippen molar-refractivity contribution in [1.29, 1.82) is 0 Å². The van der Waals surface area contributed by atoms with E-state index in [2.05, 4.69) is 9.97 Å². The second-order valence-electron chi connectivity index (χ2n) is 4.74. The van der Waals surface area contributed by atoms with Gasteiger partial charge in [0.2, 0.25) is 0 Å². The molecular weight excluding hydrogens is 270 g/mol. The fourth-order valence-electron chi connectivity index (χ4n) is 2.77. The van der Waals surface area contributed by atoms with E-state index in [0.717, 1.165) is 26.1 Å². The molecule has 0 aliphatic rings. The summed E-state index contributed by atoms with van der Waals surface area (Å²) < 4.78 is 3.06. The molecule has 0 spiro atoms. The normalized spacial score (nSPS) is 12.2. The number of fused-ring (bicyclic) bond motifs is 2. The summed E-state index contributed by atoms with van der Waals surface area (Å²) in [6.07, 6.45) is 0. The zero-order valence-corrected chi connectivity index (χ0v) is 11.0.